The zero-order valence-corrected chi connectivity index (χ0v) is 26.6. The number of benzene rings is 8. The van der Waals surface area contributed by atoms with E-state index in [1.807, 2.05) is 24.3 Å². The Morgan fingerprint density at radius 1 is 0.469 bits per heavy atom. The van der Waals surface area contributed by atoms with Gasteiger partial charge in [-0.2, -0.15) is 0 Å². The molecule has 1 N–H and O–H groups in total. The average Bonchev–Trinajstić information content (AvgIpc) is 3.53. The Kier molecular flexibility index (Phi) is 6.21. The van der Waals surface area contributed by atoms with Gasteiger partial charge in [-0.15, -0.1) is 0 Å². The van der Waals surface area contributed by atoms with E-state index < -0.39 is 0 Å². The maximum Gasteiger partial charge on any atom is 0.159 e. The number of amidine groups is 2. The molecule has 230 valence electrons. The second-order valence-corrected chi connectivity index (χ2v) is 12.7. The van der Waals surface area contributed by atoms with Crippen molar-refractivity contribution in [1.29, 1.82) is 0 Å². The first-order valence-electron chi connectivity index (χ1n) is 16.7. The summed E-state index contributed by atoms with van der Waals surface area (Å²) in [5.74, 6) is 1.51. The molecule has 4 nitrogen and oxygen atoms in total. The van der Waals surface area contributed by atoms with Crippen molar-refractivity contribution in [3.05, 3.63) is 187 Å². The van der Waals surface area contributed by atoms with Crippen molar-refractivity contribution in [2.24, 2.45) is 9.98 Å². The van der Waals surface area contributed by atoms with Crippen LogP contribution in [0.1, 0.15) is 22.9 Å². The Balaban J connectivity index is 1.29. The molecule has 1 unspecified atom stereocenters. The molecule has 0 spiro atoms. The molecule has 0 fully saturated rings. The number of aromatic nitrogens is 1. The monoisotopic (exact) mass is 626 g/mol. The summed E-state index contributed by atoms with van der Waals surface area (Å²) in [6.07, 6.45) is -0.273. The molecule has 1 aliphatic rings. The van der Waals surface area contributed by atoms with E-state index >= 15 is 0 Å². The highest BCUT2D eigenvalue weighted by atomic mass is 15.2. The summed E-state index contributed by atoms with van der Waals surface area (Å²) in [6.45, 7) is 0. The fraction of sp³-hybridized carbons (Fsp3) is 0.0222. The van der Waals surface area contributed by atoms with Gasteiger partial charge in [0.15, 0.2) is 5.84 Å². The van der Waals surface area contributed by atoms with Crippen LogP contribution in [0.4, 0.5) is 0 Å². The zero-order chi connectivity index (χ0) is 32.3. The summed E-state index contributed by atoms with van der Waals surface area (Å²) in [4.78, 5) is 10.4. The number of rotatable bonds is 4. The summed E-state index contributed by atoms with van der Waals surface area (Å²) in [5.41, 5.74) is 6.54. The second-order valence-electron chi connectivity index (χ2n) is 12.7. The summed E-state index contributed by atoms with van der Waals surface area (Å²) in [7, 11) is 0. The Morgan fingerprint density at radius 2 is 1.02 bits per heavy atom. The van der Waals surface area contributed by atoms with Crippen molar-refractivity contribution >= 4 is 65.8 Å². The van der Waals surface area contributed by atoms with Crippen LogP contribution in [-0.2, 0) is 0 Å². The number of aliphatic imine (C=N–C) groups is 2. The number of nitrogens with one attached hydrogen (secondary N) is 1. The maximum absolute atomic E-state index is 5.24. The van der Waals surface area contributed by atoms with Gasteiger partial charge in [-0.1, -0.05) is 146 Å². The van der Waals surface area contributed by atoms with Crippen LogP contribution < -0.4 is 5.32 Å². The van der Waals surface area contributed by atoms with Crippen molar-refractivity contribution in [3.8, 4) is 5.69 Å². The lowest BCUT2D eigenvalue weighted by Crippen LogP contribution is -2.33. The standard InChI is InChI=1S/C45H30N4/c1-3-15-31(16-4-1)43-46-44(32-17-5-2-6-18-32)48-45(47-43)34-27-33-19-9-10-20-35(33)40(28-34)49-38-25-23-29-13-7-11-21-36(29)41(38)42-37-22-12-8-14-30(37)24-26-39(42)49/h1-28,43H,(H,46,47,48). The Hall–Kier alpha value is -6.52. The van der Waals surface area contributed by atoms with Crippen molar-refractivity contribution < 1.29 is 0 Å². The van der Waals surface area contributed by atoms with Gasteiger partial charge in [-0.3, -0.25) is 0 Å². The molecular formula is C45H30N4. The van der Waals surface area contributed by atoms with Crippen LogP contribution in [0.15, 0.2) is 180 Å². The van der Waals surface area contributed by atoms with Gasteiger partial charge in [-0.05, 0) is 56.8 Å². The van der Waals surface area contributed by atoms with Crippen LogP contribution in [-0.4, -0.2) is 16.2 Å². The smallest absolute Gasteiger partial charge is 0.159 e. The van der Waals surface area contributed by atoms with Crippen LogP contribution in [0.25, 0.3) is 59.8 Å². The third kappa shape index (κ3) is 4.45. The highest BCUT2D eigenvalue weighted by molar-refractivity contribution is 6.29. The minimum Gasteiger partial charge on any atom is -0.344 e. The molecule has 0 aliphatic carbocycles. The summed E-state index contributed by atoms with van der Waals surface area (Å²) >= 11 is 0. The molecular weight excluding hydrogens is 597 g/mol. The largest absolute Gasteiger partial charge is 0.344 e. The molecule has 0 saturated carbocycles. The van der Waals surface area contributed by atoms with E-state index in [0.29, 0.717) is 5.84 Å². The minimum atomic E-state index is -0.273. The molecule has 9 aromatic rings. The molecule has 1 atom stereocenters. The molecule has 2 heterocycles. The Bertz CT molecular complexity index is 2700. The van der Waals surface area contributed by atoms with E-state index in [1.54, 1.807) is 0 Å². The molecule has 0 amide bonds. The maximum atomic E-state index is 5.24. The molecule has 4 heteroatoms. The van der Waals surface area contributed by atoms with Gasteiger partial charge in [0.1, 0.15) is 12.0 Å². The van der Waals surface area contributed by atoms with Gasteiger partial charge in [0.2, 0.25) is 0 Å². The Labute approximate surface area is 283 Å². The predicted octanol–water partition coefficient (Wildman–Crippen LogP) is 10.7. The number of nitrogens with zero attached hydrogens (tertiary/aromatic N) is 3. The first kappa shape index (κ1) is 27.6. The Morgan fingerprint density at radius 3 is 1.67 bits per heavy atom. The lowest BCUT2D eigenvalue weighted by atomic mass is 10.00. The van der Waals surface area contributed by atoms with Crippen LogP contribution in [0.5, 0.6) is 0 Å². The normalized spacial score (nSPS) is 14.7. The topological polar surface area (TPSA) is 41.7 Å². The second kappa shape index (κ2) is 11.0. The quantitative estimate of drug-likeness (QED) is 0.207. The van der Waals surface area contributed by atoms with E-state index in [1.165, 1.54) is 48.7 Å². The molecule has 1 aliphatic heterocycles. The van der Waals surface area contributed by atoms with Gasteiger partial charge >= 0.3 is 0 Å². The van der Waals surface area contributed by atoms with Gasteiger partial charge in [0, 0.05) is 27.3 Å². The third-order valence-electron chi connectivity index (χ3n) is 9.79. The van der Waals surface area contributed by atoms with Gasteiger partial charge < -0.3 is 9.88 Å². The van der Waals surface area contributed by atoms with Crippen LogP contribution in [0.2, 0.25) is 0 Å². The van der Waals surface area contributed by atoms with Crippen molar-refractivity contribution in [2.75, 3.05) is 0 Å². The molecule has 0 saturated heterocycles. The number of fused-ring (bicyclic) bond motifs is 8. The van der Waals surface area contributed by atoms with Crippen LogP contribution in [0, 0.1) is 0 Å². The van der Waals surface area contributed by atoms with E-state index in [9.17, 15) is 0 Å². The van der Waals surface area contributed by atoms with Crippen LogP contribution in [0.3, 0.4) is 0 Å². The average molecular weight is 627 g/mol. The summed E-state index contributed by atoms with van der Waals surface area (Å²) in [6, 6.07) is 60.4. The first-order valence-corrected chi connectivity index (χ1v) is 16.7. The van der Waals surface area contributed by atoms with Gasteiger partial charge in [-0.25, -0.2) is 9.98 Å². The molecule has 49 heavy (non-hydrogen) atoms. The van der Waals surface area contributed by atoms with Crippen LogP contribution >= 0.6 is 0 Å². The summed E-state index contributed by atoms with van der Waals surface area (Å²) in [5, 5.41) is 13.4. The molecule has 8 aromatic carbocycles. The fourth-order valence-electron chi connectivity index (χ4n) is 7.54. The minimum absolute atomic E-state index is 0.273. The van der Waals surface area contributed by atoms with Crippen molar-refractivity contribution in [1.82, 2.24) is 9.88 Å². The molecule has 0 bridgehead atoms. The number of hydrogen-bond donors (Lipinski definition) is 1. The lowest BCUT2D eigenvalue weighted by Gasteiger charge is -2.24. The SMILES string of the molecule is c1ccc(C2=NC(c3cc(-n4c5ccc6ccccc6c5c5c6ccccc6ccc54)c4ccccc4c3)=NC(c3ccccc3)N2)cc1. The van der Waals surface area contributed by atoms with Crippen molar-refractivity contribution in [3.63, 3.8) is 0 Å². The third-order valence-corrected chi connectivity index (χ3v) is 9.79. The van der Waals surface area contributed by atoms with E-state index in [2.05, 4.69) is 155 Å². The van der Waals surface area contributed by atoms with Crippen molar-refractivity contribution in [2.45, 2.75) is 6.17 Å². The van der Waals surface area contributed by atoms with Gasteiger partial charge in [0.05, 0.1) is 16.7 Å². The van der Waals surface area contributed by atoms with Gasteiger partial charge in [0.25, 0.3) is 0 Å². The molecule has 1 aromatic heterocycles. The van der Waals surface area contributed by atoms with E-state index in [0.717, 1.165) is 33.6 Å². The fourth-order valence-corrected chi connectivity index (χ4v) is 7.54. The molecule has 10 rings (SSSR count). The zero-order valence-electron chi connectivity index (χ0n) is 26.6. The van der Waals surface area contributed by atoms with E-state index in [-0.39, 0.29) is 6.17 Å². The highest BCUT2D eigenvalue weighted by Gasteiger charge is 2.23. The predicted molar refractivity (Wildman–Crippen MR) is 205 cm³/mol. The lowest BCUT2D eigenvalue weighted by molar-refractivity contribution is 0.674. The molecule has 0 radical (unpaired) electrons. The highest BCUT2D eigenvalue weighted by Crippen LogP contribution is 2.42. The number of hydrogen-bond acceptors (Lipinski definition) is 3. The van der Waals surface area contributed by atoms with E-state index in [4.69, 9.17) is 9.98 Å². The first-order chi connectivity index (χ1) is 24.3. The summed E-state index contributed by atoms with van der Waals surface area (Å²) < 4.78 is 2.45.